The maximum Gasteiger partial charge on any atom is 0.355 e. The van der Waals surface area contributed by atoms with Gasteiger partial charge in [0, 0.05) is 16.0 Å². The normalized spacial score (nSPS) is 22.1. The highest BCUT2D eigenvalue weighted by Gasteiger charge is 2.41. The summed E-state index contributed by atoms with van der Waals surface area (Å²) in [7, 11) is 0. The van der Waals surface area contributed by atoms with Gasteiger partial charge in [-0.25, -0.2) is 4.79 Å². The number of carbonyl (C=O) groups excluding carboxylic acids is 1. The smallest absolute Gasteiger partial charge is 0.355 e. The molecule has 2 aliphatic rings. The highest BCUT2D eigenvalue weighted by molar-refractivity contribution is 6.39. The van der Waals surface area contributed by atoms with Crippen molar-refractivity contribution in [3.8, 4) is 0 Å². The third-order valence-corrected chi connectivity index (χ3v) is 6.58. The van der Waals surface area contributed by atoms with Crippen LogP contribution in [-0.4, -0.2) is 17.8 Å². The van der Waals surface area contributed by atoms with Crippen molar-refractivity contribution in [3.05, 3.63) is 63.1 Å². The van der Waals surface area contributed by atoms with Crippen molar-refractivity contribution in [1.29, 1.82) is 0 Å². The minimum Gasteiger partial charge on any atom is -0.458 e. The molecule has 0 N–H and O–H groups in total. The molecule has 1 aliphatic heterocycles. The Morgan fingerprint density at radius 3 is 2.33 bits per heavy atom. The van der Waals surface area contributed by atoms with E-state index in [-0.39, 0.29) is 24.0 Å². The summed E-state index contributed by atoms with van der Waals surface area (Å²) < 4.78 is 5.81. The lowest BCUT2D eigenvalue weighted by Crippen LogP contribution is -2.30. The van der Waals surface area contributed by atoms with Crippen LogP contribution in [-0.2, 0) is 9.53 Å². The van der Waals surface area contributed by atoms with Crippen molar-refractivity contribution in [2.75, 3.05) is 5.01 Å². The molecule has 4 nitrogen and oxygen atoms in total. The van der Waals surface area contributed by atoms with Gasteiger partial charge in [-0.2, -0.15) is 5.10 Å². The summed E-state index contributed by atoms with van der Waals surface area (Å²) in [5, 5.41) is 8.15. The molecule has 2 atom stereocenters. The van der Waals surface area contributed by atoms with Gasteiger partial charge in [0.25, 0.3) is 0 Å². The van der Waals surface area contributed by atoms with E-state index in [2.05, 4.69) is 0 Å². The van der Waals surface area contributed by atoms with Crippen molar-refractivity contribution in [1.82, 2.24) is 0 Å². The van der Waals surface area contributed by atoms with E-state index >= 15 is 0 Å². The summed E-state index contributed by atoms with van der Waals surface area (Å²) in [5.74, 6) is -0.532. The van der Waals surface area contributed by atoms with Gasteiger partial charge in [-0.3, -0.25) is 5.01 Å². The predicted octanol–water partition coefficient (Wildman–Crippen LogP) is 7.08. The number of halogens is 3. The van der Waals surface area contributed by atoms with E-state index in [1.807, 2.05) is 37.3 Å². The average molecular weight is 466 g/mol. The standard InChI is InChI=1S/C23H23Cl3N2O2/c1-14-21(23(29)30-18-5-3-2-4-6-18)27-28(20-12-11-17(25)13-19(20)26)22(14)15-7-9-16(24)10-8-15/h7-14,18,22H,2-6H2,1H3/t14-,22+/m0/s1. The topological polar surface area (TPSA) is 41.9 Å². The fourth-order valence-electron chi connectivity index (χ4n) is 4.21. The first-order chi connectivity index (χ1) is 14.4. The zero-order valence-corrected chi connectivity index (χ0v) is 18.9. The van der Waals surface area contributed by atoms with Gasteiger partial charge in [-0.1, -0.05) is 60.3 Å². The van der Waals surface area contributed by atoms with Crippen LogP contribution in [0.2, 0.25) is 15.1 Å². The van der Waals surface area contributed by atoms with Crippen molar-refractivity contribution in [2.45, 2.75) is 51.2 Å². The molecule has 4 rings (SSSR count). The van der Waals surface area contributed by atoms with E-state index in [0.717, 1.165) is 31.2 Å². The van der Waals surface area contributed by atoms with Crippen LogP contribution in [0.3, 0.4) is 0 Å². The summed E-state index contributed by atoms with van der Waals surface area (Å²) in [5.41, 5.74) is 2.09. The predicted molar refractivity (Wildman–Crippen MR) is 123 cm³/mol. The van der Waals surface area contributed by atoms with Crippen LogP contribution in [0.15, 0.2) is 47.6 Å². The summed E-state index contributed by atoms with van der Waals surface area (Å²) in [4.78, 5) is 13.0. The second-order valence-corrected chi connectivity index (χ2v) is 9.16. The van der Waals surface area contributed by atoms with Gasteiger partial charge in [0.2, 0.25) is 0 Å². The zero-order valence-electron chi connectivity index (χ0n) is 16.7. The molecule has 158 valence electrons. The Hall–Kier alpha value is -1.75. The van der Waals surface area contributed by atoms with Gasteiger partial charge in [0.15, 0.2) is 5.71 Å². The van der Waals surface area contributed by atoms with Crippen LogP contribution in [0.5, 0.6) is 0 Å². The third kappa shape index (κ3) is 4.46. The number of carbonyl (C=O) groups is 1. The molecule has 7 heteroatoms. The van der Waals surface area contributed by atoms with E-state index in [4.69, 9.17) is 44.6 Å². The fourth-order valence-corrected chi connectivity index (χ4v) is 4.83. The molecule has 0 saturated heterocycles. The molecule has 1 aliphatic carbocycles. The van der Waals surface area contributed by atoms with Gasteiger partial charge < -0.3 is 4.74 Å². The molecular formula is C23H23Cl3N2O2. The number of ether oxygens (including phenoxy) is 1. The quantitative estimate of drug-likeness (QED) is 0.453. The lowest BCUT2D eigenvalue weighted by atomic mass is 9.91. The molecule has 0 spiro atoms. The minimum atomic E-state index is -0.346. The summed E-state index contributed by atoms with van der Waals surface area (Å²) in [6.07, 6.45) is 5.21. The minimum absolute atomic E-state index is 0.0247. The molecule has 2 aromatic carbocycles. The molecule has 2 aromatic rings. The van der Waals surface area contributed by atoms with Crippen molar-refractivity contribution in [3.63, 3.8) is 0 Å². The number of hydrazone groups is 1. The zero-order chi connectivity index (χ0) is 21.3. The van der Waals surface area contributed by atoms with Gasteiger partial charge in [-0.05, 0) is 61.6 Å². The summed E-state index contributed by atoms with van der Waals surface area (Å²) in [6, 6.07) is 12.6. The lowest BCUT2D eigenvalue weighted by Gasteiger charge is -2.27. The molecule has 1 fully saturated rings. The molecular weight excluding hydrogens is 443 g/mol. The number of hydrogen-bond donors (Lipinski definition) is 0. The monoisotopic (exact) mass is 464 g/mol. The van der Waals surface area contributed by atoms with E-state index in [9.17, 15) is 4.79 Å². The van der Waals surface area contributed by atoms with Crippen LogP contribution >= 0.6 is 34.8 Å². The highest BCUT2D eigenvalue weighted by Crippen LogP contribution is 2.42. The number of hydrogen-bond acceptors (Lipinski definition) is 4. The van der Waals surface area contributed by atoms with Crippen LogP contribution < -0.4 is 5.01 Å². The Balaban J connectivity index is 1.68. The van der Waals surface area contributed by atoms with Gasteiger partial charge in [0.05, 0.1) is 16.8 Å². The Labute approximate surface area is 191 Å². The van der Waals surface area contributed by atoms with Crippen LogP contribution in [0, 0.1) is 5.92 Å². The number of esters is 1. The number of benzene rings is 2. The maximum atomic E-state index is 13.0. The highest BCUT2D eigenvalue weighted by atomic mass is 35.5. The Morgan fingerprint density at radius 1 is 1.00 bits per heavy atom. The lowest BCUT2D eigenvalue weighted by molar-refractivity contribution is -0.142. The molecule has 1 saturated carbocycles. The second kappa shape index (κ2) is 9.17. The number of nitrogens with zero attached hydrogens (tertiary/aromatic N) is 2. The molecule has 1 heterocycles. The summed E-state index contributed by atoms with van der Waals surface area (Å²) >= 11 is 18.7. The molecule has 0 radical (unpaired) electrons. The molecule has 0 bridgehead atoms. The molecule has 0 amide bonds. The van der Waals surface area contributed by atoms with Crippen LogP contribution in [0.25, 0.3) is 0 Å². The van der Waals surface area contributed by atoms with Crippen molar-refractivity contribution < 1.29 is 9.53 Å². The largest absolute Gasteiger partial charge is 0.458 e. The molecule has 30 heavy (non-hydrogen) atoms. The van der Waals surface area contributed by atoms with Gasteiger partial charge in [-0.15, -0.1) is 0 Å². The van der Waals surface area contributed by atoms with E-state index < -0.39 is 0 Å². The van der Waals surface area contributed by atoms with Crippen LogP contribution in [0.4, 0.5) is 5.69 Å². The average Bonchev–Trinajstić information content (AvgIpc) is 3.06. The van der Waals surface area contributed by atoms with E-state index in [0.29, 0.717) is 26.5 Å². The summed E-state index contributed by atoms with van der Waals surface area (Å²) in [6.45, 7) is 1.99. The van der Waals surface area contributed by atoms with E-state index in [1.54, 1.807) is 17.1 Å². The van der Waals surface area contributed by atoms with Gasteiger partial charge in [0.1, 0.15) is 6.10 Å². The molecule has 0 aromatic heterocycles. The SMILES string of the molecule is C[C@H]1C(C(=O)OC2CCCCC2)=NN(c2ccc(Cl)cc2Cl)[C@H]1c1ccc(Cl)cc1. The Morgan fingerprint density at radius 2 is 1.67 bits per heavy atom. The van der Waals surface area contributed by atoms with Crippen LogP contribution in [0.1, 0.15) is 50.6 Å². The molecule has 0 unspecified atom stereocenters. The number of rotatable bonds is 4. The fraction of sp³-hybridized carbons (Fsp3) is 0.391. The maximum absolute atomic E-state index is 13.0. The van der Waals surface area contributed by atoms with Crippen molar-refractivity contribution >= 4 is 52.2 Å². The third-order valence-electron chi connectivity index (χ3n) is 5.79. The first kappa shape index (κ1) is 21.5. The first-order valence-corrected chi connectivity index (χ1v) is 11.4. The van der Waals surface area contributed by atoms with Gasteiger partial charge >= 0.3 is 5.97 Å². The Bertz CT molecular complexity index is 955. The Kier molecular flexibility index (Phi) is 6.57. The number of anilines is 1. The first-order valence-electron chi connectivity index (χ1n) is 10.2. The van der Waals surface area contributed by atoms with E-state index in [1.165, 1.54) is 6.42 Å². The second-order valence-electron chi connectivity index (χ2n) is 7.88. The van der Waals surface area contributed by atoms with Crippen molar-refractivity contribution in [2.24, 2.45) is 11.0 Å².